The highest BCUT2D eigenvalue weighted by molar-refractivity contribution is 7.89. The molecular weight excluding hydrogens is 346 g/mol. The molecule has 0 atom stereocenters. The van der Waals surface area contributed by atoms with Crippen LogP contribution >= 0.6 is 0 Å². The van der Waals surface area contributed by atoms with E-state index in [1.807, 2.05) is 17.8 Å². The van der Waals surface area contributed by atoms with Gasteiger partial charge in [-0.25, -0.2) is 8.42 Å². The molecule has 1 heterocycles. The summed E-state index contributed by atoms with van der Waals surface area (Å²) in [6, 6.07) is 0.492. The van der Waals surface area contributed by atoms with E-state index < -0.39 is 10.0 Å². The van der Waals surface area contributed by atoms with Crippen molar-refractivity contribution in [3.63, 3.8) is 0 Å². The van der Waals surface area contributed by atoms with Gasteiger partial charge in [0.25, 0.3) is 0 Å². The Morgan fingerprint density at radius 1 is 1.08 bits per heavy atom. The second-order valence-corrected chi connectivity index (χ2v) is 10.9. The van der Waals surface area contributed by atoms with Crippen molar-refractivity contribution in [3.8, 4) is 0 Å². The van der Waals surface area contributed by atoms with Crippen molar-refractivity contribution in [2.75, 3.05) is 6.54 Å². The largest absolute Gasteiger partial charge is 0.268 e. The van der Waals surface area contributed by atoms with E-state index in [1.54, 1.807) is 4.31 Å². The van der Waals surface area contributed by atoms with Crippen molar-refractivity contribution in [3.05, 3.63) is 11.9 Å². The van der Waals surface area contributed by atoms with Crippen molar-refractivity contribution in [1.82, 2.24) is 14.1 Å². The molecule has 0 radical (unpaired) electrons. The average molecular weight is 382 g/mol. The molecule has 2 saturated carbocycles. The minimum absolute atomic E-state index is 0.140. The molecule has 1 aromatic rings. The van der Waals surface area contributed by atoms with Crippen LogP contribution in [0.4, 0.5) is 0 Å². The predicted molar refractivity (Wildman–Crippen MR) is 105 cm³/mol. The van der Waals surface area contributed by atoms with Crippen LogP contribution in [0.1, 0.15) is 97.2 Å². The number of nitrogens with zero attached hydrogens (tertiary/aromatic N) is 3. The summed E-state index contributed by atoms with van der Waals surface area (Å²) in [4.78, 5) is 0.435. The Bertz CT molecular complexity index is 706. The molecule has 6 heteroatoms. The van der Waals surface area contributed by atoms with Gasteiger partial charge in [-0.1, -0.05) is 59.8 Å². The van der Waals surface area contributed by atoms with Crippen molar-refractivity contribution in [2.24, 2.45) is 0 Å². The van der Waals surface area contributed by atoms with Crippen molar-refractivity contribution in [2.45, 2.75) is 108 Å². The van der Waals surface area contributed by atoms with Crippen LogP contribution in [-0.2, 0) is 15.4 Å². The summed E-state index contributed by atoms with van der Waals surface area (Å²) in [5.41, 5.74) is 0.428. The van der Waals surface area contributed by atoms with Gasteiger partial charge >= 0.3 is 0 Å². The monoisotopic (exact) mass is 381 g/mol. The molecule has 0 aliphatic heterocycles. The highest BCUT2D eigenvalue weighted by Gasteiger charge is 2.37. The fraction of sp³-hybridized carbons (Fsp3) is 0.850. The Kier molecular flexibility index (Phi) is 5.83. The first kappa shape index (κ1) is 19.9. The van der Waals surface area contributed by atoms with Crippen LogP contribution in [0.5, 0.6) is 0 Å². The lowest BCUT2D eigenvalue weighted by Gasteiger charge is -2.33. The highest BCUT2D eigenvalue weighted by atomic mass is 32.2. The number of rotatable bonds is 5. The number of sulfonamides is 1. The minimum atomic E-state index is -3.52. The van der Waals surface area contributed by atoms with Gasteiger partial charge in [-0.05, 0) is 25.7 Å². The Balaban J connectivity index is 2.01. The summed E-state index contributed by atoms with van der Waals surface area (Å²) in [5, 5.41) is 4.80. The average Bonchev–Trinajstić information content (AvgIpc) is 3.25. The molecule has 0 saturated heterocycles. The fourth-order valence-corrected chi connectivity index (χ4v) is 6.59. The standard InChI is InChI=1S/C20H35N3O2S/c1-5-23(17-13-7-6-8-14-17)26(24,25)18-15-22(16-11-9-10-12-16)21-19(18)20(2,3)4/h15-17H,5-14H2,1-4H3. The molecule has 5 nitrogen and oxygen atoms in total. The molecular formula is C20H35N3O2S. The summed E-state index contributed by atoms with van der Waals surface area (Å²) in [5.74, 6) is 0. The first-order valence-corrected chi connectivity index (χ1v) is 11.8. The Morgan fingerprint density at radius 3 is 2.19 bits per heavy atom. The van der Waals surface area contributed by atoms with E-state index >= 15 is 0 Å². The Hall–Kier alpha value is -0.880. The summed E-state index contributed by atoms with van der Waals surface area (Å²) >= 11 is 0. The van der Waals surface area contributed by atoms with Crippen molar-refractivity contribution >= 4 is 10.0 Å². The summed E-state index contributed by atoms with van der Waals surface area (Å²) in [6.45, 7) is 8.67. The van der Waals surface area contributed by atoms with Crippen LogP contribution in [0.25, 0.3) is 0 Å². The van der Waals surface area contributed by atoms with Crippen LogP contribution in [0.2, 0.25) is 0 Å². The lowest BCUT2D eigenvalue weighted by molar-refractivity contribution is 0.261. The summed E-state index contributed by atoms with van der Waals surface area (Å²) in [7, 11) is -3.52. The predicted octanol–water partition coefficient (Wildman–Crippen LogP) is 4.64. The van der Waals surface area contributed by atoms with Crippen LogP contribution in [-0.4, -0.2) is 35.1 Å². The third-order valence-corrected chi connectivity index (χ3v) is 8.02. The topological polar surface area (TPSA) is 55.2 Å². The van der Waals surface area contributed by atoms with E-state index in [9.17, 15) is 8.42 Å². The third kappa shape index (κ3) is 3.86. The lowest BCUT2D eigenvalue weighted by atomic mass is 9.92. The molecule has 2 fully saturated rings. The van der Waals surface area contributed by atoms with Gasteiger partial charge in [-0.3, -0.25) is 4.68 Å². The molecule has 0 amide bonds. The second kappa shape index (κ2) is 7.63. The van der Waals surface area contributed by atoms with E-state index in [4.69, 9.17) is 5.10 Å². The smallest absolute Gasteiger partial charge is 0.246 e. The fourth-order valence-electron chi connectivity index (χ4n) is 4.56. The lowest BCUT2D eigenvalue weighted by Crippen LogP contribution is -2.41. The van der Waals surface area contributed by atoms with E-state index in [-0.39, 0.29) is 11.5 Å². The van der Waals surface area contributed by atoms with Crippen LogP contribution in [0.3, 0.4) is 0 Å². The summed E-state index contributed by atoms with van der Waals surface area (Å²) < 4.78 is 31.0. The summed E-state index contributed by atoms with van der Waals surface area (Å²) in [6.07, 6.45) is 11.9. The van der Waals surface area contributed by atoms with Crippen molar-refractivity contribution in [1.29, 1.82) is 0 Å². The van der Waals surface area contributed by atoms with Crippen LogP contribution in [0.15, 0.2) is 11.1 Å². The minimum Gasteiger partial charge on any atom is -0.268 e. The molecule has 2 aliphatic carbocycles. The van der Waals surface area contributed by atoms with Gasteiger partial charge in [0, 0.05) is 24.2 Å². The van der Waals surface area contributed by atoms with Crippen LogP contribution < -0.4 is 0 Å². The molecule has 2 aliphatic rings. The van der Waals surface area contributed by atoms with Gasteiger partial charge in [0.15, 0.2) is 0 Å². The van der Waals surface area contributed by atoms with Gasteiger partial charge in [-0.2, -0.15) is 9.40 Å². The Morgan fingerprint density at radius 2 is 1.65 bits per heavy atom. The molecule has 3 rings (SSSR count). The maximum absolute atomic E-state index is 13.6. The zero-order valence-corrected chi connectivity index (χ0v) is 17.7. The van der Waals surface area contributed by atoms with E-state index in [2.05, 4.69) is 20.8 Å². The normalized spacial score (nSPS) is 21.0. The number of hydrogen-bond donors (Lipinski definition) is 0. The van der Waals surface area contributed by atoms with E-state index in [0.717, 1.165) is 44.2 Å². The number of hydrogen-bond acceptors (Lipinski definition) is 3. The molecule has 1 aromatic heterocycles. The second-order valence-electron chi connectivity index (χ2n) is 9.01. The zero-order valence-electron chi connectivity index (χ0n) is 16.9. The Labute approximate surface area is 159 Å². The van der Waals surface area contributed by atoms with Gasteiger partial charge in [0.1, 0.15) is 4.90 Å². The highest BCUT2D eigenvalue weighted by Crippen LogP contribution is 2.36. The SMILES string of the molecule is CCN(C1CCCCC1)S(=O)(=O)c1cn(C2CCCC2)nc1C(C)(C)C. The first-order valence-electron chi connectivity index (χ1n) is 10.4. The molecule has 0 N–H and O–H groups in total. The number of aromatic nitrogens is 2. The molecule has 0 aromatic carbocycles. The quantitative estimate of drug-likeness (QED) is 0.746. The van der Waals surface area contributed by atoms with Crippen molar-refractivity contribution < 1.29 is 8.42 Å². The zero-order chi connectivity index (χ0) is 18.9. The molecule has 0 bridgehead atoms. The maximum atomic E-state index is 13.6. The first-order chi connectivity index (χ1) is 12.2. The van der Waals surface area contributed by atoms with E-state index in [0.29, 0.717) is 17.5 Å². The van der Waals surface area contributed by atoms with Gasteiger partial charge in [0.2, 0.25) is 10.0 Å². The van der Waals surface area contributed by atoms with Gasteiger partial charge in [0.05, 0.1) is 11.7 Å². The molecule has 148 valence electrons. The maximum Gasteiger partial charge on any atom is 0.246 e. The van der Waals surface area contributed by atoms with Gasteiger partial charge < -0.3 is 0 Å². The molecule has 0 spiro atoms. The third-order valence-electron chi connectivity index (χ3n) is 5.99. The molecule has 0 unspecified atom stereocenters. The van der Waals surface area contributed by atoms with E-state index in [1.165, 1.54) is 19.3 Å². The van der Waals surface area contributed by atoms with Crippen LogP contribution in [0, 0.1) is 0 Å². The van der Waals surface area contributed by atoms with Gasteiger partial charge in [-0.15, -0.1) is 0 Å². The molecule has 26 heavy (non-hydrogen) atoms.